The van der Waals surface area contributed by atoms with Crippen LogP contribution in [-0.4, -0.2) is 32.5 Å². The maximum Gasteiger partial charge on any atom is 0.233 e. The molecule has 2 rings (SSSR count). The number of hydrogen-bond donors (Lipinski definition) is 1. The Morgan fingerprint density at radius 1 is 1.36 bits per heavy atom. The normalized spacial score (nSPS) is 12.2. The van der Waals surface area contributed by atoms with Crippen LogP contribution in [0.4, 0.5) is 0 Å². The van der Waals surface area contributed by atoms with Gasteiger partial charge in [0, 0.05) is 19.2 Å². The predicted octanol–water partition coefficient (Wildman–Crippen LogP) is 2.80. The van der Waals surface area contributed by atoms with E-state index < -0.39 is 0 Å². The van der Waals surface area contributed by atoms with E-state index in [-0.39, 0.29) is 11.2 Å². The number of thioether (sulfide) groups is 1. The van der Waals surface area contributed by atoms with Crippen molar-refractivity contribution in [2.75, 3.05) is 6.54 Å². The van der Waals surface area contributed by atoms with Crippen molar-refractivity contribution in [1.29, 1.82) is 0 Å². The van der Waals surface area contributed by atoms with E-state index >= 15 is 0 Å². The zero-order chi connectivity index (χ0) is 16.1. The van der Waals surface area contributed by atoms with Crippen molar-refractivity contribution in [3.8, 4) is 11.4 Å². The highest BCUT2D eigenvalue weighted by Gasteiger charge is 2.19. The molecule has 2 aromatic rings. The van der Waals surface area contributed by atoms with E-state index in [2.05, 4.69) is 28.5 Å². The minimum atomic E-state index is -0.195. The molecule has 1 aromatic carbocycles. The fourth-order valence-corrected chi connectivity index (χ4v) is 2.92. The number of amides is 1. The van der Waals surface area contributed by atoms with Crippen LogP contribution in [0, 0.1) is 6.92 Å². The molecule has 1 amide bonds. The second kappa shape index (κ2) is 7.45. The van der Waals surface area contributed by atoms with E-state index in [1.54, 1.807) is 0 Å². The van der Waals surface area contributed by atoms with Gasteiger partial charge in [0.1, 0.15) is 0 Å². The van der Waals surface area contributed by atoms with Crippen LogP contribution in [0.3, 0.4) is 0 Å². The molecule has 0 spiro atoms. The van der Waals surface area contributed by atoms with Crippen LogP contribution < -0.4 is 5.32 Å². The lowest BCUT2D eigenvalue weighted by Gasteiger charge is -2.11. The number of aromatic nitrogens is 3. The predicted molar refractivity (Wildman–Crippen MR) is 89.8 cm³/mol. The second-order valence-electron chi connectivity index (χ2n) is 5.23. The maximum atomic E-state index is 12.0. The standard InChI is InChI=1S/C16H22N4OS/c1-5-10-17-15(21)12(3)22-16-19-18-14(20(16)4)13-9-7-6-8-11(13)2/h6-9,12H,5,10H2,1-4H3,(H,17,21)/t12-/m1/s1. The van der Waals surface area contributed by atoms with Crippen LogP contribution in [0.1, 0.15) is 25.8 Å². The van der Waals surface area contributed by atoms with Gasteiger partial charge in [0.15, 0.2) is 11.0 Å². The summed E-state index contributed by atoms with van der Waals surface area (Å²) in [5.41, 5.74) is 2.22. The molecule has 0 bridgehead atoms. The molecule has 0 saturated heterocycles. The molecule has 1 N–H and O–H groups in total. The van der Waals surface area contributed by atoms with E-state index in [0.717, 1.165) is 28.5 Å². The molecule has 6 heteroatoms. The van der Waals surface area contributed by atoms with Gasteiger partial charge in [-0.1, -0.05) is 43.0 Å². The van der Waals surface area contributed by atoms with Crippen LogP contribution >= 0.6 is 11.8 Å². The Morgan fingerprint density at radius 2 is 2.09 bits per heavy atom. The zero-order valence-electron chi connectivity index (χ0n) is 13.5. The molecule has 1 aromatic heterocycles. The largest absolute Gasteiger partial charge is 0.355 e. The van der Waals surface area contributed by atoms with Gasteiger partial charge in [0.2, 0.25) is 5.91 Å². The third-order valence-electron chi connectivity index (χ3n) is 3.42. The van der Waals surface area contributed by atoms with Crippen LogP contribution in [0.15, 0.2) is 29.4 Å². The average molecular weight is 318 g/mol. The van der Waals surface area contributed by atoms with Crippen LogP contribution in [0.2, 0.25) is 0 Å². The monoisotopic (exact) mass is 318 g/mol. The minimum absolute atomic E-state index is 0.0345. The van der Waals surface area contributed by atoms with Gasteiger partial charge in [-0.05, 0) is 25.8 Å². The molecule has 1 atom stereocenters. The smallest absolute Gasteiger partial charge is 0.233 e. The summed E-state index contributed by atoms with van der Waals surface area (Å²) in [6.45, 7) is 6.68. The topological polar surface area (TPSA) is 59.8 Å². The molecule has 22 heavy (non-hydrogen) atoms. The summed E-state index contributed by atoms with van der Waals surface area (Å²) in [6, 6.07) is 8.08. The van der Waals surface area contributed by atoms with Gasteiger partial charge in [-0.2, -0.15) is 0 Å². The molecule has 0 aliphatic carbocycles. The van der Waals surface area contributed by atoms with Crippen molar-refractivity contribution in [3.05, 3.63) is 29.8 Å². The summed E-state index contributed by atoms with van der Waals surface area (Å²) in [5, 5.41) is 12.0. The van der Waals surface area contributed by atoms with Gasteiger partial charge >= 0.3 is 0 Å². The third kappa shape index (κ3) is 3.68. The summed E-state index contributed by atoms with van der Waals surface area (Å²) >= 11 is 1.43. The Kier molecular flexibility index (Phi) is 5.60. The number of rotatable bonds is 6. The van der Waals surface area contributed by atoms with Crippen molar-refractivity contribution in [2.24, 2.45) is 7.05 Å². The number of aryl methyl sites for hydroxylation is 1. The lowest BCUT2D eigenvalue weighted by Crippen LogP contribution is -2.31. The van der Waals surface area contributed by atoms with E-state index in [0.29, 0.717) is 6.54 Å². The summed E-state index contributed by atoms with van der Waals surface area (Å²) in [7, 11) is 1.93. The third-order valence-corrected chi connectivity index (χ3v) is 4.56. The van der Waals surface area contributed by atoms with E-state index in [9.17, 15) is 4.79 Å². The molecule has 118 valence electrons. The number of carbonyl (C=O) groups is 1. The summed E-state index contributed by atoms with van der Waals surface area (Å²) in [6.07, 6.45) is 0.935. The SMILES string of the molecule is CCCNC(=O)[C@@H](C)Sc1nnc(-c2ccccc2C)n1C. The van der Waals surface area contributed by atoms with E-state index in [1.807, 2.05) is 43.7 Å². The highest BCUT2D eigenvalue weighted by Crippen LogP contribution is 2.27. The summed E-state index contributed by atoms with van der Waals surface area (Å²) in [4.78, 5) is 12.0. The molecular weight excluding hydrogens is 296 g/mol. The van der Waals surface area contributed by atoms with Gasteiger partial charge < -0.3 is 9.88 Å². The number of nitrogens with zero attached hydrogens (tertiary/aromatic N) is 3. The van der Waals surface area contributed by atoms with Gasteiger partial charge in [0.25, 0.3) is 0 Å². The Labute approximate surface area is 135 Å². The van der Waals surface area contributed by atoms with Crippen molar-refractivity contribution < 1.29 is 4.79 Å². The Balaban J connectivity index is 2.15. The zero-order valence-corrected chi connectivity index (χ0v) is 14.3. The summed E-state index contributed by atoms with van der Waals surface area (Å²) < 4.78 is 1.94. The van der Waals surface area contributed by atoms with Crippen LogP contribution in [-0.2, 0) is 11.8 Å². The van der Waals surface area contributed by atoms with Crippen molar-refractivity contribution >= 4 is 17.7 Å². The maximum absolute atomic E-state index is 12.0. The molecule has 0 aliphatic rings. The Bertz CT molecular complexity index is 653. The summed E-state index contributed by atoms with van der Waals surface area (Å²) in [5.74, 6) is 0.856. The Morgan fingerprint density at radius 3 is 2.77 bits per heavy atom. The van der Waals surface area contributed by atoms with Crippen molar-refractivity contribution in [2.45, 2.75) is 37.6 Å². The first kappa shape index (κ1) is 16.5. The quantitative estimate of drug-likeness (QED) is 0.832. The van der Waals surface area contributed by atoms with E-state index in [1.165, 1.54) is 11.8 Å². The fraction of sp³-hybridized carbons (Fsp3) is 0.438. The highest BCUT2D eigenvalue weighted by atomic mass is 32.2. The molecule has 0 fully saturated rings. The Hall–Kier alpha value is -1.82. The lowest BCUT2D eigenvalue weighted by molar-refractivity contribution is -0.120. The minimum Gasteiger partial charge on any atom is -0.355 e. The molecule has 0 radical (unpaired) electrons. The van der Waals surface area contributed by atoms with Gasteiger partial charge in [0.05, 0.1) is 5.25 Å². The van der Waals surface area contributed by atoms with Gasteiger partial charge in [-0.25, -0.2) is 0 Å². The first-order valence-corrected chi connectivity index (χ1v) is 8.32. The average Bonchev–Trinajstić information content (AvgIpc) is 2.86. The van der Waals surface area contributed by atoms with Crippen molar-refractivity contribution in [3.63, 3.8) is 0 Å². The van der Waals surface area contributed by atoms with E-state index in [4.69, 9.17) is 0 Å². The van der Waals surface area contributed by atoms with Crippen molar-refractivity contribution in [1.82, 2.24) is 20.1 Å². The molecular formula is C16H22N4OS. The van der Waals surface area contributed by atoms with Crippen LogP contribution in [0.25, 0.3) is 11.4 Å². The fourth-order valence-electron chi connectivity index (χ4n) is 2.08. The van der Waals surface area contributed by atoms with Gasteiger partial charge in [-0.15, -0.1) is 10.2 Å². The first-order chi connectivity index (χ1) is 10.5. The first-order valence-electron chi connectivity index (χ1n) is 7.44. The van der Waals surface area contributed by atoms with Crippen LogP contribution in [0.5, 0.6) is 0 Å². The molecule has 0 unspecified atom stereocenters. The number of benzene rings is 1. The molecule has 5 nitrogen and oxygen atoms in total. The molecule has 0 aliphatic heterocycles. The lowest BCUT2D eigenvalue weighted by atomic mass is 10.1. The molecule has 0 saturated carbocycles. The molecule has 1 heterocycles. The number of hydrogen-bond acceptors (Lipinski definition) is 4. The highest BCUT2D eigenvalue weighted by molar-refractivity contribution is 8.00. The number of carbonyl (C=O) groups excluding carboxylic acids is 1. The number of nitrogens with one attached hydrogen (secondary N) is 1. The van der Waals surface area contributed by atoms with Gasteiger partial charge in [-0.3, -0.25) is 4.79 Å². The second-order valence-corrected chi connectivity index (χ2v) is 6.54.